The molecule has 4 aliphatic carbocycles. The predicted octanol–water partition coefficient (Wildman–Crippen LogP) is 4.45. The van der Waals surface area contributed by atoms with Crippen molar-refractivity contribution in [2.75, 3.05) is 0 Å². The highest BCUT2D eigenvalue weighted by Crippen LogP contribution is 2.64. The lowest BCUT2D eigenvalue weighted by atomic mass is 9.49. The van der Waals surface area contributed by atoms with Gasteiger partial charge in [-0.25, -0.2) is 0 Å². The average Bonchev–Trinajstić information content (AvgIpc) is 2.94. The van der Waals surface area contributed by atoms with Gasteiger partial charge in [-0.3, -0.25) is 4.79 Å². The molecular weight excluding hydrogens is 394 g/mol. The van der Waals surface area contributed by atoms with E-state index in [0.29, 0.717) is 23.6 Å². The lowest BCUT2D eigenvalue weighted by molar-refractivity contribution is -0.146. The molecule has 6 heteroatoms. The second-order valence-corrected chi connectivity index (χ2v) is 12.3. The van der Waals surface area contributed by atoms with E-state index in [0.717, 1.165) is 19.3 Å². The highest BCUT2D eigenvalue weighted by Gasteiger charge is 2.60. The van der Waals surface area contributed by atoms with E-state index < -0.39 is 5.54 Å². The zero-order chi connectivity index (χ0) is 19.0. The lowest BCUT2D eigenvalue weighted by Gasteiger charge is -2.59. The van der Waals surface area contributed by atoms with Crippen molar-refractivity contribution < 1.29 is 9.32 Å². The summed E-state index contributed by atoms with van der Waals surface area (Å²) in [6.45, 7) is 10.1. The summed E-state index contributed by atoms with van der Waals surface area (Å²) in [4.78, 5) is 18.0. The Morgan fingerprint density at radius 3 is 2.27 bits per heavy atom. The van der Waals surface area contributed by atoms with Gasteiger partial charge in [0.25, 0.3) is 0 Å². The molecule has 144 valence electrons. The molecule has 0 radical (unpaired) electrons. The van der Waals surface area contributed by atoms with E-state index in [1.54, 1.807) is 0 Å². The SMILES string of the molecule is CC(C)(C)c1nc(C(C)(C)NC(=O)C23CC4CC(CC(Br)(C4)C2)C3)no1. The summed E-state index contributed by atoms with van der Waals surface area (Å²) < 4.78 is 5.61. The number of rotatable bonds is 3. The summed E-state index contributed by atoms with van der Waals surface area (Å²) in [5.74, 6) is 2.69. The summed E-state index contributed by atoms with van der Waals surface area (Å²) in [5, 5.41) is 7.42. The molecule has 2 atom stereocenters. The Bertz CT molecular complexity index is 720. The van der Waals surface area contributed by atoms with Crippen LogP contribution in [0, 0.1) is 17.3 Å². The van der Waals surface area contributed by atoms with E-state index >= 15 is 0 Å². The van der Waals surface area contributed by atoms with Crippen molar-refractivity contribution in [3.05, 3.63) is 11.7 Å². The van der Waals surface area contributed by atoms with Crippen molar-refractivity contribution in [3.8, 4) is 0 Å². The number of nitrogens with zero attached hydrogens (tertiary/aromatic N) is 2. The smallest absolute Gasteiger partial charge is 0.232 e. The van der Waals surface area contributed by atoms with Crippen LogP contribution in [-0.2, 0) is 15.7 Å². The van der Waals surface area contributed by atoms with E-state index in [-0.39, 0.29) is 21.1 Å². The van der Waals surface area contributed by atoms with Gasteiger partial charge >= 0.3 is 0 Å². The fourth-order valence-electron chi connectivity index (χ4n) is 5.67. The molecule has 2 unspecified atom stereocenters. The number of amides is 1. The highest BCUT2D eigenvalue weighted by atomic mass is 79.9. The second-order valence-electron chi connectivity index (χ2n) is 10.6. The van der Waals surface area contributed by atoms with Crippen molar-refractivity contribution in [1.29, 1.82) is 0 Å². The average molecular weight is 424 g/mol. The Balaban J connectivity index is 1.55. The van der Waals surface area contributed by atoms with E-state index in [9.17, 15) is 4.79 Å². The minimum atomic E-state index is -0.646. The molecule has 1 aromatic heterocycles. The maximum atomic E-state index is 13.4. The van der Waals surface area contributed by atoms with Gasteiger partial charge in [-0.05, 0) is 64.2 Å². The Kier molecular flexibility index (Phi) is 3.94. The third kappa shape index (κ3) is 3.02. The van der Waals surface area contributed by atoms with Crippen LogP contribution in [0.3, 0.4) is 0 Å². The minimum Gasteiger partial charge on any atom is -0.343 e. The molecule has 1 heterocycles. The third-order valence-electron chi connectivity index (χ3n) is 6.52. The molecule has 0 aliphatic heterocycles. The van der Waals surface area contributed by atoms with Gasteiger partial charge in [0.05, 0.1) is 11.0 Å². The van der Waals surface area contributed by atoms with Crippen LogP contribution in [0.5, 0.6) is 0 Å². The maximum Gasteiger partial charge on any atom is 0.232 e. The van der Waals surface area contributed by atoms with Gasteiger partial charge in [-0.15, -0.1) is 0 Å². The van der Waals surface area contributed by atoms with Gasteiger partial charge in [0, 0.05) is 9.74 Å². The molecule has 5 nitrogen and oxygen atoms in total. The first kappa shape index (κ1) is 18.5. The number of carbonyl (C=O) groups excluding carboxylic acids is 1. The first-order valence-corrected chi connectivity index (χ1v) is 10.6. The third-order valence-corrected chi connectivity index (χ3v) is 7.45. The van der Waals surface area contributed by atoms with Gasteiger partial charge < -0.3 is 9.84 Å². The molecule has 0 spiro atoms. The first-order chi connectivity index (χ1) is 11.9. The van der Waals surface area contributed by atoms with Crippen LogP contribution in [0.1, 0.15) is 84.9 Å². The van der Waals surface area contributed by atoms with Crippen LogP contribution < -0.4 is 5.32 Å². The summed E-state index contributed by atoms with van der Waals surface area (Å²) in [6, 6.07) is 0. The molecule has 1 amide bonds. The van der Waals surface area contributed by atoms with Crippen molar-refractivity contribution in [1.82, 2.24) is 15.5 Å². The summed E-state index contributed by atoms with van der Waals surface area (Å²) >= 11 is 3.99. The normalized spacial score (nSPS) is 36.4. The van der Waals surface area contributed by atoms with Crippen molar-refractivity contribution in [3.63, 3.8) is 0 Å². The van der Waals surface area contributed by atoms with Gasteiger partial charge in [0.15, 0.2) is 5.82 Å². The molecule has 1 N–H and O–H groups in total. The van der Waals surface area contributed by atoms with E-state index in [2.05, 4.69) is 31.4 Å². The topological polar surface area (TPSA) is 68.0 Å². The fourth-order valence-corrected chi connectivity index (χ4v) is 7.12. The molecule has 4 saturated carbocycles. The molecule has 4 aliphatic rings. The van der Waals surface area contributed by atoms with Gasteiger partial charge in [0.2, 0.25) is 11.8 Å². The Morgan fingerprint density at radius 2 is 1.77 bits per heavy atom. The molecule has 0 saturated heterocycles. The van der Waals surface area contributed by atoms with Gasteiger partial charge in [-0.1, -0.05) is 41.9 Å². The van der Waals surface area contributed by atoms with Gasteiger partial charge in [0.1, 0.15) is 0 Å². The lowest BCUT2D eigenvalue weighted by Crippen LogP contribution is -2.60. The van der Waals surface area contributed by atoms with Crippen molar-refractivity contribution in [2.24, 2.45) is 17.3 Å². The molecule has 26 heavy (non-hydrogen) atoms. The zero-order valence-corrected chi connectivity index (χ0v) is 18.1. The zero-order valence-electron chi connectivity index (χ0n) is 16.5. The minimum absolute atomic E-state index is 0.169. The molecule has 1 aromatic rings. The number of carbonyl (C=O) groups is 1. The molecule has 4 fully saturated rings. The summed E-state index contributed by atoms with van der Waals surface area (Å²) in [5.41, 5.74) is -1.08. The van der Waals surface area contributed by atoms with E-state index in [1.165, 1.54) is 19.3 Å². The molecule has 5 rings (SSSR count). The number of nitrogens with one attached hydrogen (secondary N) is 1. The van der Waals surface area contributed by atoms with Crippen LogP contribution in [0.25, 0.3) is 0 Å². The maximum absolute atomic E-state index is 13.4. The number of alkyl halides is 1. The van der Waals surface area contributed by atoms with E-state index in [1.807, 2.05) is 34.6 Å². The number of halogens is 1. The largest absolute Gasteiger partial charge is 0.343 e. The summed E-state index contributed by atoms with van der Waals surface area (Å²) in [7, 11) is 0. The van der Waals surface area contributed by atoms with E-state index in [4.69, 9.17) is 4.52 Å². The Morgan fingerprint density at radius 1 is 1.15 bits per heavy atom. The molecule has 0 aromatic carbocycles. The second kappa shape index (κ2) is 5.55. The molecular formula is C20H30BrN3O2. The fraction of sp³-hybridized carbons (Fsp3) is 0.850. The summed E-state index contributed by atoms with van der Waals surface area (Å²) in [6.07, 6.45) is 6.75. The number of hydrogen-bond donors (Lipinski definition) is 1. The monoisotopic (exact) mass is 423 g/mol. The van der Waals surface area contributed by atoms with Crippen LogP contribution in [0.4, 0.5) is 0 Å². The van der Waals surface area contributed by atoms with Crippen LogP contribution in [0.2, 0.25) is 0 Å². The van der Waals surface area contributed by atoms with Crippen LogP contribution >= 0.6 is 15.9 Å². The highest BCUT2D eigenvalue weighted by molar-refractivity contribution is 9.10. The predicted molar refractivity (Wildman–Crippen MR) is 103 cm³/mol. The number of hydrogen-bond acceptors (Lipinski definition) is 4. The standard InChI is InChI=1S/C20H30BrN3O2/c1-17(2,3)16-22-14(24-26-16)18(4,5)23-15(25)19-7-12-6-13(8-19)10-20(21,9-12)11-19/h12-13H,6-11H2,1-5H3,(H,23,25). The van der Waals surface area contributed by atoms with Crippen molar-refractivity contribution in [2.45, 2.75) is 88.4 Å². The Labute approximate surface area is 164 Å². The van der Waals surface area contributed by atoms with Gasteiger partial charge in [-0.2, -0.15) is 4.98 Å². The first-order valence-electron chi connectivity index (χ1n) is 9.77. The van der Waals surface area contributed by atoms with Crippen LogP contribution in [0.15, 0.2) is 4.52 Å². The Hall–Kier alpha value is -0.910. The van der Waals surface area contributed by atoms with Crippen molar-refractivity contribution >= 4 is 21.8 Å². The molecule has 4 bridgehead atoms. The number of aromatic nitrogens is 2. The van der Waals surface area contributed by atoms with Crippen LogP contribution in [-0.4, -0.2) is 20.4 Å². The quantitative estimate of drug-likeness (QED) is 0.728.